The highest BCUT2D eigenvalue weighted by Crippen LogP contribution is 2.23. The second kappa shape index (κ2) is 6.09. The fraction of sp³-hybridized carbons (Fsp3) is 0.900. The Morgan fingerprint density at radius 2 is 2.05 bits per heavy atom. The lowest BCUT2D eigenvalue weighted by molar-refractivity contribution is -0.318. The van der Waals surface area contributed by atoms with Crippen LogP contribution in [-0.4, -0.2) is 86.0 Å². The molecule has 0 aliphatic carbocycles. The van der Waals surface area contributed by atoms with Crippen molar-refractivity contribution >= 4 is 5.97 Å². The van der Waals surface area contributed by atoms with E-state index in [-0.39, 0.29) is 0 Å². The summed E-state index contributed by atoms with van der Waals surface area (Å²) in [5.74, 6) is -3.59. The van der Waals surface area contributed by atoms with Crippen LogP contribution in [0, 0.1) is 0 Å². The van der Waals surface area contributed by atoms with E-state index in [0.717, 1.165) is 0 Å². The van der Waals surface area contributed by atoms with Crippen molar-refractivity contribution in [3.05, 3.63) is 0 Å². The number of rotatable bonds is 5. The highest BCUT2D eigenvalue weighted by Gasteiger charge is 2.48. The Morgan fingerprint density at radius 3 is 2.53 bits per heavy atom. The molecule has 0 radical (unpaired) electrons. The van der Waals surface area contributed by atoms with E-state index in [2.05, 4.69) is 5.32 Å². The molecular weight excluding hydrogens is 262 g/mol. The number of nitrogens with one attached hydrogen (secondary N) is 1. The maximum Gasteiger partial charge on any atom is 0.323 e. The first-order chi connectivity index (χ1) is 8.69. The third kappa shape index (κ3) is 3.60. The number of aliphatic hydroxyl groups is 5. The summed E-state index contributed by atoms with van der Waals surface area (Å²) >= 11 is 0. The van der Waals surface area contributed by atoms with Crippen molar-refractivity contribution in [3.8, 4) is 0 Å². The second-order valence-corrected chi connectivity index (χ2v) is 4.60. The number of carboxylic acid groups (broad SMARTS) is 1. The van der Waals surface area contributed by atoms with Crippen LogP contribution < -0.4 is 5.32 Å². The van der Waals surface area contributed by atoms with Gasteiger partial charge in [-0.25, -0.2) is 0 Å². The molecular formula is C10H19NO8. The van der Waals surface area contributed by atoms with E-state index < -0.39 is 55.4 Å². The van der Waals surface area contributed by atoms with E-state index in [1.165, 1.54) is 6.92 Å². The van der Waals surface area contributed by atoms with E-state index in [4.69, 9.17) is 9.84 Å². The topological polar surface area (TPSA) is 160 Å². The zero-order chi connectivity index (χ0) is 14.8. The van der Waals surface area contributed by atoms with Crippen LogP contribution in [0.15, 0.2) is 0 Å². The van der Waals surface area contributed by atoms with Crippen LogP contribution in [-0.2, 0) is 9.53 Å². The number of aliphatic carboxylic acids is 1. The summed E-state index contributed by atoms with van der Waals surface area (Å²) in [6.07, 6.45) is -6.01. The summed E-state index contributed by atoms with van der Waals surface area (Å²) in [5, 5.41) is 58.6. The van der Waals surface area contributed by atoms with Gasteiger partial charge in [-0.2, -0.15) is 0 Å². The van der Waals surface area contributed by atoms with E-state index >= 15 is 0 Å². The van der Waals surface area contributed by atoms with Crippen LogP contribution in [0.2, 0.25) is 0 Å². The van der Waals surface area contributed by atoms with E-state index in [1.54, 1.807) is 0 Å². The van der Waals surface area contributed by atoms with Crippen molar-refractivity contribution in [1.29, 1.82) is 0 Å². The molecule has 112 valence electrons. The number of ether oxygens (including phenoxy) is 1. The van der Waals surface area contributed by atoms with Gasteiger partial charge in [0.1, 0.15) is 24.4 Å². The Labute approximate surface area is 109 Å². The average molecular weight is 281 g/mol. The quantitative estimate of drug-likeness (QED) is 0.268. The Hall–Kier alpha value is -0.810. The lowest BCUT2D eigenvalue weighted by Gasteiger charge is -2.42. The van der Waals surface area contributed by atoms with Crippen molar-refractivity contribution in [2.24, 2.45) is 0 Å². The van der Waals surface area contributed by atoms with Crippen molar-refractivity contribution in [2.75, 3.05) is 13.2 Å². The van der Waals surface area contributed by atoms with E-state index in [0.29, 0.717) is 0 Å². The minimum Gasteiger partial charge on any atom is -0.480 e. The van der Waals surface area contributed by atoms with Crippen molar-refractivity contribution < 1.29 is 40.2 Å². The lowest BCUT2D eigenvalue weighted by atomic mass is 9.96. The normalized spacial score (nSPS) is 38.7. The minimum absolute atomic E-state index is 0.414. The molecule has 1 aliphatic rings. The molecule has 9 nitrogen and oxygen atoms in total. The predicted octanol–water partition coefficient (Wildman–Crippen LogP) is -3.79. The zero-order valence-corrected chi connectivity index (χ0v) is 10.3. The van der Waals surface area contributed by atoms with Crippen molar-refractivity contribution in [3.63, 3.8) is 0 Å². The predicted molar refractivity (Wildman–Crippen MR) is 60.0 cm³/mol. The van der Waals surface area contributed by atoms with Gasteiger partial charge in [0, 0.05) is 0 Å². The Morgan fingerprint density at radius 1 is 1.47 bits per heavy atom. The van der Waals surface area contributed by atoms with Gasteiger partial charge in [0.25, 0.3) is 0 Å². The molecule has 6 atom stereocenters. The van der Waals surface area contributed by atoms with Crippen LogP contribution >= 0.6 is 0 Å². The molecule has 19 heavy (non-hydrogen) atoms. The van der Waals surface area contributed by atoms with Crippen LogP contribution in [0.1, 0.15) is 6.92 Å². The fourth-order valence-corrected chi connectivity index (χ4v) is 1.77. The van der Waals surface area contributed by atoms with Gasteiger partial charge < -0.3 is 35.4 Å². The van der Waals surface area contributed by atoms with Crippen LogP contribution in [0.4, 0.5) is 0 Å². The monoisotopic (exact) mass is 281 g/mol. The van der Waals surface area contributed by atoms with Gasteiger partial charge in [0.2, 0.25) is 5.79 Å². The summed E-state index contributed by atoms with van der Waals surface area (Å²) in [7, 11) is 0. The molecule has 1 heterocycles. The molecule has 0 aromatic heterocycles. The molecule has 0 amide bonds. The molecule has 0 aromatic rings. The minimum atomic E-state index is -2.25. The van der Waals surface area contributed by atoms with Crippen LogP contribution in [0.3, 0.4) is 0 Å². The third-order valence-electron chi connectivity index (χ3n) is 3.01. The maximum absolute atomic E-state index is 10.8. The van der Waals surface area contributed by atoms with Crippen LogP contribution in [0.25, 0.3) is 0 Å². The largest absolute Gasteiger partial charge is 0.480 e. The lowest BCUT2D eigenvalue weighted by Crippen LogP contribution is -2.65. The van der Waals surface area contributed by atoms with Gasteiger partial charge in [-0.3, -0.25) is 10.1 Å². The summed E-state index contributed by atoms with van der Waals surface area (Å²) in [5.41, 5.74) is 0. The van der Waals surface area contributed by atoms with Crippen LogP contribution in [0.5, 0.6) is 0 Å². The first-order valence-corrected chi connectivity index (χ1v) is 5.74. The standard InChI is InChI=1S/C10H19NO8/c1-4(12)6(9(16)17)11-3-10(18)8(15)7(14)5(13)2-19-10/h4-8,11-15,18H,2-3H2,1H3,(H,16,17)/t4-,5-,6+,7-,8+,10?/m1/s1. The molecule has 7 N–H and O–H groups in total. The molecule has 1 fully saturated rings. The van der Waals surface area contributed by atoms with Gasteiger partial charge in [0.15, 0.2) is 0 Å². The molecule has 9 heteroatoms. The summed E-state index contributed by atoms with van der Waals surface area (Å²) in [6, 6.07) is -1.37. The van der Waals surface area contributed by atoms with Gasteiger partial charge in [-0.05, 0) is 6.92 Å². The van der Waals surface area contributed by atoms with Crippen molar-refractivity contribution in [1.82, 2.24) is 5.32 Å². The molecule has 0 saturated carbocycles. The first kappa shape index (κ1) is 16.2. The highest BCUT2D eigenvalue weighted by atomic mass is 16.6. The Bertz CT molecular complexity index is 325. The van der Waals surface area contributed by atoms with Gasteiger partial charge in [-0.15, -0.1) is 0 Å². The van der Waals surface area contributed by atoms with E-state index in [1.807, 2.05) is 0 Å². The number of hydrogen-bond donors (Lipinski definition) is 7. The first-order valence-electron chi connectivity index (χ1n) is 5.74. The zero-order valence-electron chi connectivity index (χ0n) is 10.3. The van der Waals surface area contributed by atoms with Crippen molar-refractivity contribution in [2.45, 2.75) is 43.2 Å². The summed E-state index contributed by atoms with van der Waals surface area (Å²) < 4.78 is 4.83. The van der Waals surface area contributed by atoms with Gasteiger partial charge >= 0.3 is 5.97 Å². The SMILES string of the molecule is C[C@@H](O)[C@H](NCC1(O)OC[C@@H](O)[C@@H](O)[C@@H]1O)C(=O)O. The number of aliphatic hydroxyl groups excluding tert-OH is 4. The number of carbonyl (C=O) groups is 1. The fourth-order valence-electron chi connectivity index (χ4n) is 1.77. The maximum atomic E-state index is 10.8. The number of carboxylic acids is 1. The molecule has 1 saturated heterocycles. The molecule has 1 rings (SSSR count). The number of hydrogen-bond acceptors (Lipinski definition) is 8. The summed E-state index contributed by atoms with van der Waals surface area (Å²) in [4.78, 5) is 10.8. The highest BCUT2D eigenvalue weighted by molar-refractivity contribution is 5.74. The molecule has 0 bridgehead atoms. The average Bonchev–Trinajstić information content (AvgIpc) is 2.31. The molecule has 0 spiro atoms. The molecule has 0 aromatic carbocycles. The Balaban J connectivity index is 2.67. The molecule has 1 aliphatic heterocycles. The smallest absolute Gasteiger partial charge is 0.323 e. The Kier molecular flexibility index (Phi) is 5.21. The summed E-state index contributed by atoms with van der Waals surface area (Å²) in [6.45, 7) is 0.287. The second-order valence-electron chi connectivity index (χ2n) is 4.60. The van der Waals surface area contributed by atoms with Gasteiger partial charge in [0.05, 0.1) is 19.3 Å². The van der Waals surface area contributed by atoms with Gasteiger partial charge in [-0.1, -0.05) is 0 Å². The van der Waals surface area contributed by atoms with E-state index in [9.17, 15) is 30.3 Å². The third-order valence-corrected chi connectivity index (χ3v) is 3.01. The molecule has 1 unspecified atom stereocenters.